The standard InChI is InChI=1S/C12H17BrOS/c1-11(2)4-5-12(14,8-11)7-10-9(13)3-6-15-10/h3,6,14H,4-5,7-8H2,1-2H3. The number of halogens is 1. The first-order valence-electron chi connectivity index (χ1n) is 5.35. The minimum absolute atomic E-state index is 0.304. The van der Waals surface area contributed by atoms with Crippen molar-refractivity contribution in [2.24, 2.45) is 5.41 Å². The zero-order chi connectivity index (χ0) is 11.1. The molecule has 1 unspecified atom stereocenters. The molecule has 1 aliphatic rings. The highest BCUT2D eigenvalue weighted by molar-refractivity contribution is 9.10. The molecule has 1 nitrogen and oxygen atoms in total. The summed E-state index contributed by atoms with van der Waals surface area (Å²) in [5.41, 5.74) is -0.171. The van der Waals surface area contributed by atoms with Gasteiger partial charge in [0.25, 0.3) is 0 Å². The van der Waals surface area contributed by atoms with Gasteiger partial charge in [0, 0.05) is 15.8 Å². The molecule has 1 N–H and O–H groups in total. The van der Waals surface area contributed by atoms with Crippen molar-refractivity contribution < 1.29 is 5.11 Å². The van der Waals surface area contributed by atoms with E-state index in [0.29, 0.717) is 5.41 Å². The average molecular weight is 289 g/mol. The molecule has 84 valence electrons. The second kappa shape index (κ2) is 3.86. The number of hydrogen-bond donors (Lipinski definition) is 1. The van der Waals surface area contributed by atoms with Gasteiger partial charge in [0.05, 0.1) is 5.60 Å². The van der Waals surface area contributed by atoms with Gasteiger partial charge in [-0.15, -0.1) is 11.3 Å². The summed E-state index contributed by atoms with van der Waals surface area (Å²) in [6.45, 7) is 4.49. The number of aliphatic hydroxyl groups is 1. The van der Waals surface area contributed by atoms with Gasteiger partial charge in [-0.1, -0.05) is 13.8 Å². The normalized spacial score (nSPS) is 29.6. The van der Waals surface area contributed by atoms with Gasteiger partial charge in [0.1, 0.15) is 0 Å². The van der Waals surface area contributed by atoms with Gasteiger partial charge in [-0.2, -0.15) is 0 Å². The van der Waals surface area contributed by atoms with E-state index in [-0.39, 0.29) is 0 Å². The third-order valence-electron chi connectivity index (χ3n) is 3.26. The summed E-state index contributed by atoms with van der Waals surface area (Å²) in [6, 6.07) is 2.06. The van der Waals surface area contributed by atoms with Crippen LogP contribution in [0.25, 0.3) is 0 Å². The van der Waals surface area contributed by atoms with Gasteiger partial charge >= 0.3 is 0 Å². The molecule has 0 aromatic carbocycles. The van der Waals surface area contributed by atoms with Crippen molar-refractivity contribution in [1.29, 1.82) is 0 Å². The smallest absolute Gasteiger partial charge is 0.0701 e. The van der Waals surface area contributed by atoms with E-state index >= 15 is 0 Å². The summed E-state index contributed by atoms with van der Waals surface area (Å²) < 4.78 is 1.14. The van der Waals surface area contributed by atoms with Crippen molar-refractivity contribution in [2.45, 2.75) is 45.1 Å². The van der Waals surface area contributed by atoms with E-state index in [0.717, 1.165) is 30.2 Å². The van der Waals surface area contributed by atoms with E-state index in [1.54, 1.807) is 11.3 Å². The highest BCUT2D eigenvalue weighted by Crippen LogP contribution is 2.46. The first-order valence-corrected chi connectivity index (χ1v) is 7.02. The Hall–Kier alpha value is 0.140. The van der Waals surface area contributed by atoms with Crippen molar-refractivity contribution in [3.63, 3.8) is 0 Å². The van der Waals surface area contributed by atoms with Crippen LogP contribution in [-0.4, -0.2) is 10.7 Å². The summed E-state index contributed by atoms with van der Waals surface area (Å²) in [6.07, 6.45) is 3.79. The zero-order valence-electron chi connectivity index (χ0n) is 9.22. The third kappa shape index (κ3) is 2.63. The quantitative estimate of drug-likeness (QED) is 0.872. The van der Waals surface area contributed by atoms with E-state index < -0.39 is 5.60 Å². The Bertz CT molecular complexity index is 358. The molecule has 0 aliphatic heterocycles. The van der Waals surface area contributed by atoms with Crippen LogP contribution in [0.15, 0.2) is 15.9 Å². The van der Waals surface area contributed by atoms with Crippen LogP contribution in [0, 0.1) is 5.41 Å². The molecule has 3 heteroatoms. The highest BCUT2D eigenvalue weighted by Gasteiger charge is 2.42. The Kier molecular flexibility index (Phi) is 2.99. The lowest BCUT2D eigenvalue weighted by atomic mass is 9.88. The maximum atomic E-state index is 10.5. The Balaban J connectivity index is 2.10. The second-order valence-corrected chi connectivity index (χ2v) is 7.29. The summed E-state index contributed by atoms with van der Waals surface area (Å²) in [5.74, 6) is 0. The van der Waals surface area contributed by atoms with Crippen LogP contribution in [0.3, 0.4) is 0 Å². The molecular weight excluding hydrogens is 272 g/mol. The van der Waals surface area contributed by atoms with Gasteiger partial charge in [-0.3, -0.25) is 0 Å². The maximum absolute atomic E-state index is 10.5. The van der Waals surface area contributed by atoms with Crippen LogP contribution in [0.1, 0.15) is 38.0 Å². The zero-order valence-corrected chi connectivity index (χ0v) is 11.6. The largest absolute Gasteiger partial charge is 0.389 e. The molecule has 1 aromatic heterocycles. The lowest BCUT2D eigenvalue weighted by molar-refractivity contribution is 0.0385. The van der Waals surface area contributed by atoms with E-state index in [1.165, 1.54) is 4.88 Å². The summed E-state index contributed by atoms with van der Waals surface area (Å²) in [5, 5.41) is 12.6. The van der Waals surface area contributed by atoms with E-state index in [4.69, 9.17) is 0 Å². The van der Waals surface area contributed by atoms with Gasteiger partial charge in [0.15, 0.2) is 0 Å². The molecule has 0 bridgehead atoms. The number of hydrogen-bond acceptors (Lipinski definition) is 2. The molecule has 2 rings (SSSR count). The third-order valence-corrected chi connectivity index (χ3v) is 5.18. The molecule has 1 aliphatic carbocycles. The van der Waals surface area contributed by atoms with E-state index in [9.17, 15) is 5.11 Å². The minimum atomic E-state index is -0.475. The monoisotopic (exact) mass is 288 g/mol. The Morgan fingerprint density at radius 2 is 2.20 bits per heavy atom. The lowest BCUT2D eigenvalue weighted by Crippen LogP contribution is -2.28. The molecule has 1 aromatic rings. The van der Waals surface area contributed by atoms with Crippen molar-refractivity contribution in [3.05, 3.63) is 20.8 Å². The molecule has 1 saturated carbocycles. The van der Waals surface area contributed by atoms with Gasteiger partial charge in [-0.05, 0) is 52.1 Å². The molecule has 0 amide bonds. The number of thiophene rings is 1. The highest BCUT2D eigenvalue weighted by atomic mass is 79.9. The van der Waals surface area contributed by atoms with Crippen LogP contribution >= 0.6 is 27.3 Å². The molecule has 1 atom stereocenters. The van der Waals surface area contributed by atoms with E-state index in [1.807, 2.05) is 0 Å². The molecule has 1 heterocycles. The van der Waals surface area contributed by atoms with Gasteiger partial charge in [-0.25, -0.2) is 0 Å². The lowest BCUT2D eigenvalue weighted by Gasteiger charge is -2.24. The predicted octanol–water partition coefficient (Wildman–Crippen LogP) is 3.99. The summed E-state index contributed by atoms with van der Waals surface area (Å²) in [4.78, 5) is 1.27. The van der Waals surface area contributed by atoms with Gasteiger partial charge < -0.3 is 5.11 Å². The summed E-state index contributed by atoms with van der Waals surface area (Å²) in [7, 11) is 0. The van der Waals surface area contributed by atoms with Crippen molar-refractivity contribution in [1.82, 2.24) is 0 Å². The predicted molar refractivity (Wildman–Crippen MR) is 68.3 cm³/mol. The first-order chi connectivity index (χ1) is 6.90. The Labute approximate surface area is 104 Å². The van der Waals surface area contributed by atoms with Crippen molar-refractivity contribution in [3.8, 4) is 0 Å². The van der Waals surface area contributed by atoms with Crippen LogP contribution in [0.4, 0.5) is 0 Å². The SMILES string of the molecule is CC1(C)CCC(O)(Cc2sccc2Br)C1. The van der Waals surface area contributed by atoms with Crippen LogP contribution in [0.2, 0.25) is 0 Å². The van der Waals surface area contributed by atoms with Gasteiger partial charge in [0.2, 0.25) is 0 Å². The fourth-order valence-electron chi connectivity index (χ4n) is 2.54. The van der Waals surface area contributed by atoms with Crippen LogP contribution in [0.5, 0.6) is 0 Å². The minimum Gasteiger partial charge on any atom is -0.389 e. The first kappa shape index (κ1) is 11.6. The Morgan fingerprint density at radius 3 is 2.67 bits per heavy atom. The second-order valence-electron chi connectivity index (χ2n) is 5.43. The maximum Gasteiger partial charge on any atom is 0.0701 e. The molecule has 0 spiro atoms. The van der Waals surface area contributed by atoms with Crippen molar-refractivity contribution >= 4 is 27.3 Å². The molecular formula is C12H17BrOS. The molecule has 0 saturated heterocycles. The molecule has 1 fully saturated rings. The van der Waals surface area contributed by atoms with Crippen LogP contribution < -0.4 is 0 Å². The average Bonchev–Trinajstić information content (AvgIpc) is 2.59. The van der Waals surface area contributed by atoms with Crippen molar-refractivity contribution in [2.75, 3.05) is 0 Å². The topological polar surface area (TPSA) is 20.2 Å². The Morgan fingerprint density at radius 1 is 1.47 bits per heavy atom. The fraction of sp³-hybridized carbons (Fsp3) is 0.667. The summed E-state index contributed by atoms with van der Waals surface area (Å²) >= 11 is 5.25. The van der Waals surface area contributed by atoms with E-state index in [2.05, 4.69) is 41.2 Å². The fourth-order valence-corrected chi connectivity index (χ4v) is 4.17. The van der Waals surface area contributed by atoms with Crippen LogP contribution in [-0.2, 0) is 6.42 Å². The molecule has 0 radical (unpaired) electrons. The molecule has 15 heavy (non-hydrogen) atoms. The number of rotatable bonds is 2.